The molecule has 0 spiro atoms. The molecule has 1 atom stereocenters. The number of fused-ring (bicyclic) bond motifs is 1. The molecule has 9 heteroatoms. The summed E-state index contributed by atoms with van der Waals surface area (Å²) in [7, 11) is 0. The number of hydrogen-bond donors (Lipinski definition) is 2. The zero-order chi connectivity index (χ0) is 22.2. The number of hydrogen-bond acceptors (Lipinski definition) is 3. The molecule has 0 bridgehead atoms. The molecule has 3 aromatic rings. The van der Waals surface area contributed by atoms with Crippen molar-refractivity contribution in [2.45, 2.75) is 32.0 Å². The van der Waals surface area contributed by atoms with Crippen LogP contribution in [0.4, 0.5) is 24.7 Å². The molecule has 2 aromatic carbocycles. The first kappa shape index (κ1) is 20.6. The lowest BCUT2D eigenvalue weighted by Gasteiger charge is -2.12. The minimum absolute atomic E-state index is 0.0122. The lowest BCUT2D eigenvalue weighted by atomic mass is 10.0. The highest BCUT2D eigenvalue weighted by molar-refractivity contribution is 6.04. The van der Waals surface area contributed by atoms with Gasteiger partial charge in [-0.3, -0.25) is 9.59 Å². The highest BCUT2D eigenvalue weighted by Gasteiger charge is 2.37. The van der Waals surface area contributed by atoms with Gasteiger partial charge in [-0.25, -0.2) is 4.68 Å². The van der Waals surface area contributed by atoms with Gasteiger partial charge in [-0.1, -0.05) is 43.3 Å². The van der Waals surface area contributed by atoms with Crippen molar-refractivity contribution in [2.75, 3.05) is 10.6 Å². The SMILES string of the molecule is CCc1nn2c(c1-c1ccccc1)NC(=O)C2CC(=O)Nc1cccc(C(F)(F)F)c1. The largest absolute Gasteiger partial charge is 0.416 e. The molecule has 2 heterocycles. The fourth-order valence-corrected chi connectivity index (χ4v) is 3.63. The van der Waals surface area contributed by atoms with Crippen LogP contribution < -0.4 is 10.6 Å². The fourth-order valence-electron chi connectivity index (χ4n) is 3.63. The highest BCUT2D eigenvalue weighted by Crippen LogP contribution is 2.38. The lowest BCUT2D eigenvalue weighted by Crippen LogP contribution is -2.24. The van der Waals surface area contributed by atoms with Crippen LogP contribution in [0.2, 0.25) is 0 Å². The first-order valence-corrected chi connectivity index (χ1v) is 9.72. The molecule has 0 radical (unpaired) electrons. The molecule has 1 unspecified atom stereocenters. The third-order valence-corrected chi connectivity index (χ3v) is 5.07. The van der Waals surface area contributed by atoms with E-state index >= 15 is 0 Å². The number of rotatable bonds is 5. The van der Waals surface area contributed by atoms with Gasteiger partial charge in [0.1, 0.15) is 11.9 Å². The van der Waals surface area contributed by atoms with E-state index in [1.807, 2.05) is 37.3 Å². The number of alkyl halides is 3. The summed E-state index contributed by atoms with van der Waals surface area (Å²) in [6.45, 7) is 1.95. The van der Waals surface area contributed by atoms with Gasteiger partial charge in [0.05, 0.1) is 17.7 Å². The molecule has 1 aliphatic heterocycles. The molecule has 160 valence electrons. The molecular formula is C22H19F3N4O2. The van der Waals surface area contributed by atoms with Crippen LogP contribution in [-0.2, 0) is 22.2 Å². The second kappa shape index (κ2) is 7.90. The summed E-state index contributed by atoms with van der Waals surface area (Å²) in [5.41, 5.74) is 1.63. The van der Waals surface area contributed by atoms with Crippen LogP contribution >= 0.6 is 0 Å². The third-order valence-electron chi connectivity index (χ3n) is 5.07. The number of halogens is 3. The van der Waals surface area contributed by atoms with E-state index in [2.05, 4.69) is 15.7 Å². The Morgan fingerprint density at radius 1 is 1.16 bits per heavy atom. The van der Waals surface area contributed by atoms with Crippen molar-refractivity contribution in [3.05, 3.63) is 65.9 Å². The molecule has 4 rings (SSSR count). The summed E-state index contributed by atoms with van der Waals surface area (Å²) in [5.74, 6) is -0.450. The van der Waals surface area contributed by atoms with E-state index in [9.17, 15) is 22.8 Å². The molecule has 1 aromatic heterocycles. The lowest BCUT2D eigenvalue weighted by molar-refractivity contribution is -0.137. The summed E-state index contributed by atoms with van der Waals surface area (Å²) in [4.78, 5) is 25.1. The number of amides is 2. The first-order valence-electron chi connectivity index (χ1n) is 9.72. The second-order valence-corrected chi connectivity index (χ2v) is 7.17. The van der Waals surface area contributed by atoms with Crippen LogP contribution in [0.5, 0.6) is 0 Å². The highest BCUT2D eigenvalue weighted by atomic mass is 19.4. The minimum atomic E-state index is -4.51. The van der Waals surface area contributed by atoms with Crippen molar-refractivity contribution in [3.63, 3.8) is 0 Å². The van der Waals surface area contributed by atoms with E-state index in [-0.39, 0.29) is 18.0 Å². The van der Waals surface area contributed by atoms with E-state index < -0.39 is 23.7 Å². The van der Waals surface area contributed by atoms with Gasteiger partial charge < -0.3 is 10.6 Å². The van der Waals surface area contributed by atoms with E-state index in [0.29, 0.717) is 12.2 Å². The number of benzene rings is 2. The van der Waals surface area contributed by atoms with Crippen molar-refractivity contribution < 1.29 is 22.8 Å². The zero-order valence-corrected chi connectivity index (χ0v) is 16.5. The Labute approximate surface area is 176 Å². The van der Waals surface area contributed by atoms with Crippen molar-refractivity contribution in [3.8, 4) is 11.1 Å². The smallest absolute Gasteiger partial charge is 0.326 e. The predicted molar refractivity (Wildman–Crippen MR) is 109 cm³/mol. The quantitative estimate of drug-likeness (QED) is 0.621. The summed E-state index contributed by atoms with van der Waals surface area (Å²) in [5, 5.41) is 9.77. The van der Waals surface area contributed by atoms with Gasteiger partial charge in [0.15, 0.2) is 0 Å². The number of nitrogens with zero attached hydrogens (tertiary/aromatic N) is 2. The van der Waals surface area contributed by atoms with Gasteiger partial charge in [0.2, 0.25) is 5.91 Å². The zero-order valence-electron chi connectivity index (χ0n) is 16.5. The summed E-state index contributed by atoms with van der Waals surface area (Å²) < 4.78 is 40.2. The third kappa shape index (κ3) is 4.03. The maximum atomic E-state index is 12.9. The average Bonchev–Trinajstić information content (AvgIpc) is 3.23. The van der Waals surface area contributed by atoms with Crippen LogP contribution in [0.1, 0.15) is 30.6 Å². The van der Waals surface area contributed by atoms with E-state index in [1.165, 1.54) is 16.8 Å². The molecule has 0 aliphatic carbocycles. The van der Waals surface area contributed by atoms with E-state index in [0.717, 1.165) is 29.0 Å². The molecule has 0 saturated heterocycles. The number of aromatic nitrogens is 2. The van der Waals surface area contributed by atoms with Gasteiger partial charge in [0, 0.05) is 11.3 Å². The number of nitrogens with one attached hydrogen (secondary N) is 2. The Balaban J connectivity index is 1.57. The van der Waals surface area contributed by atoms with Crippen molar-refractivity contribution >= 4 is 23.3 Å². The Morgan fingerprint density at radius 3 is 2.58 bits per heavy atom. The molecule has 2 N–H and O–H groups in total. The van der Waals surface area contributed by atoms with Crippen LogP contribution in [-0.4, -0.2) is 21.6 Å². The van der Waals surface area contributed by atoms with E-state index in [4.69, 9.17) is 0 Å². The van der Waals surface area contributed by atoms with Crippen molar-refractivity contribution in [2.24, 2.45) is 0 Å². The monoisotopic (exact) mass is 428 g/mol. The minimum Gasteiger partial charge on any atom is -0.326 e. The number of carbonyl (C=O) groups is 2. The predicted octanol–water partition coefficient (Wildman–Crippen LogP) is 4.65. The number of anilines is 2. The second-order valence-electron chi connectivity index (χ2n) is 7.17. The molecule has 6 nitrogen and oxygen atoms in total. The average molecular weight is 428 g/mol. The number of aryl methyl sites for hydroxylation is 1. The number of carbonyl (C=O) groups excluding carboxylic acids is 2. The Morgan fingerprint density at radius 2 is 1.90 bits per heavy atom. The summed E-state index contributed by atoms with van der Waals surface area (Å²) in [6.07, 6.45) is -4.14. The molecule has 1 aliphatic rings. The van der Waals surface area contributed by atoms with Crippen LogP contribution in [0.3, 0.4) is 0 Å². The molecule has 0 saturated carbocycles. The maximum Gasteiger partial charge on any atom is 0.416 e. The standard InChI is InChI=1S/C22H19F3N4O2/c1-2-16-19(13-7-4-3-5-8-13)20-27-21(31)17(29(20)28-16)12-18(30)26-15-10-6-9-14(11-15)22(23,24)25/h3-11,17H,2,12H2,1H3,(H,26,30)(H,27,31). The van der Waals surface area contributed by atoms with E-state index in [1.54, 1.807) is 0 Å². The summed E-state index contributed by atoms with van der Waals surface area (Å²) in [6, 6.07) is 13.0. The maximum absolute atomic E-state index is 12.9. The normalized spacial score (nSPS) is 15.5. The van der Waals surface area contributed by atoms with Gasteiger partial charge in [-0.05, 0) is 30.2 Å². The van der Waals surface area contributed by atoms with Crippen LogP contribution in [0.15, 0.2) is 54.6 Å². The van der Waals surface area contributed by atoms with Gasteiger partial charge in [-0.2, -0.15) is 18.3 Å². The van der Waals surface area contributed by atoms with Gasteiger partial charge in [-0.15, -0.1) is 0 Å². The van der Waals surface area contributed by atoms with Crippen molar-refractivity contribution in [1.29, 1.82) is 0 Å². The Bertz CT molecular complexity index is 1140. The van der Waals surface area contributed by atoms with Gasteiger partial charge in [0.25, 0.3) is 5.91 Å². The fraction of sp³-hybridized carbons (Fsp3) is 0.227. The molecule has 0 fully saturated rings. The van der Waals surface area contributed by atoms with Crippen LogP contribution in [0, 0.1) is 0 Å². The molecule has 31 heavy (non-hydrogen) atoms. The molecular weight excluding hydrogens is 409 g/mol. The first-order chi connectivity index (χ1) is 14.8. The van der Waals surface area contributed by atoms with Gasteiger partial charge >= 0.3 is 6.18 Å². The summed E-state index contributed by atoms with van der Waals surface area (Å²) >= 11 is 0. The topological polar surface area (TPSA) is 76.0 Å². The van der Waals surface area contributed by atoms with Crippen LogP contribution in [0.25, 0.3) is 11.1 Å². The van der Waals surface area contributed by atoms with Crippen molar-refractivity contribution in [1.82, 2.24) is 9.78 Å². The Hall–Kier alpha value is -3.62. The Kier molecular flexibility index (Phi) is 5.26. The molecule has 2 amide bonds.